The van der Waals surface area contributed by atoms with Crippen molar-refractivity contribution in [3.63, 3.8) is 0 Å². The highest BCUT2D eigenvalue weighted by atomic mass is 16.5. The van der Waals surface area contributed by atoms with Gasteiger partial charge in [-0.05, 0) is 18.2 Å². The van der Waals surface area contributed by atoms with Crippen molar-refractivity contribution in [2.45, 2.75) is 6.92 Å². The Balaban J connectivity index is 2.18. The molecule has 1 heterocycles. The minimum Gasteiger partial charge on any atom is -0.493 e. The third-order valence-electron chi connectivity index (χ3n) is 2.89. The second-order valence-corrected chi connectivity index (χ2v) is 4.95. The first-order chi connectivity index (χ1) is 8.89. The zero-order valence-electron chi connectivity index (χ0n) is 10.4. The fourth-order valence-corrected chi connectivity index (χ4v) is 1.72. The van der Waals surface area contributed by atoms with Crippen LogP contribution in [-0.4, -0.2) is 42.0 Å². The molecule has 1 fully saturated rings. The van der Waals surface area contributed by atoms with Gasteiger partial charge in [0.15, 0.2) is 0 Å². The van der Waals surface area contributed by atoms with E-state index < -0.39 is 11.9 Å². The van der Waals surface area contributed by atoms with Gasteiger partial charge in [-0.2, -0.15) is 0 Å². The Morgan fingerprint density at radius 1 is 1.21 bits per heavy atom. The van der Waals surface area contributed by atoms with Gasteiger partial charge >= 0.3 is 11.9 Å². The van der Waals surface area contributed by atoms with Gasteiger partial charge in [-0.15, -0.1) is 0 Å². The van der Waals surface area contributed by atoms with Crippen LogP contribution in [0.5, 0.6) is 5.75 Å². The number of carboxylic acid groups (broad SMARTS) is 2. The van der Waals surface area contributed by atoms with Crippen LogP contribution < -0.4 is 4.74 Å². The lowest BCUT2D eigenvalue weighted by Gasteiger charge is -2.37. The predicted octanol–water partition coefficient (Wildman–Crippen LogP) is 1.50. The summed E-state index contributed by atoms with van der Waals surface area (Å²) in [7, 11) is 0. The highest BCUT2D eigenvalue weighted by molar-refractivity contribution is 5.94. The van der Waals surface area contributed by atoms with E-state index in [1.165, 1.54) is 12.1 Å². The molecule has 0 radical (unpaired) electrons. The lowest BCUT2D eigenvalue weighted by atomic mass is 9.90. The van der Waals surface area contributed by atoms with Crippen molar-refractivity contribution in [2.75, 3.05) is 19.8 Å². The van der Waals surface area contributed by atoms with E-state index >= 15 is 0 Å². The molecule has 1 aliphatic heterocycles. The summed E-state index contributed by atoms with van der Waals surface area (Å²) in [6, 6.07) is 3.74. The SMILES string of the molecule is CC1(COc2cc(C(=O)O)cc(C(=O)O)c2)COC1. The minimum absolute atomic E-state index is 0.0946. The standard InChI is InChI=1S/C13H14O6/c1-13(5-18-6-13)7-19-10-3-8(11(14)15)2-9(4-10)12(16)17/h2-4H,5-7H2,1H3,(H,14,15)(H,16,17). The first-order valence-electron chi connectivity index (χ1n) is 5.72. The van der Waals surface area contributed by atoms with Crippen molar-refractivity contribution in [3.05, 3.63) is 29.3 Å². The maximum atomic E-state index is 10.9. The predicted molar refractivity (Wildman–Crippen MR) is 64.8 cm³/mol. The largest absolute Gasteiger partial charge is 0.493 e. The van der Waals surface area contributed by atoms with Gasteiger partial charge in [0.2, 0.25) is 0 Å². The summed E-state index contributed by atoms with van der Waals surface area (Å²) < 4.78 is 10.6. The van der Waals surface area contributed by atoms with E-state index in [1.54, 1.807) is 0 Å². The van der Waals surface area contributed by atoms with E-state index in [0.717, 1.165) is 6.07 Å². The molecule has 1 saturated heterocycles. The lowest BCUT2D eigenvalue weighted by molar-refractivity contribution is -0.120. The molecule has 102 valence electrons. The van der Waals surface area contributed by atoms with Crippen molar-refractivity contribution < 1.29 is 29.3 Å². The van der Waals surface area contributed by atoms with Crippen molar-refractivity contribution in [1.29, 1.82) is 0 Å². The highest BCUT2D eigenvalue weighted by Crippen LogP contribution is 2.28. The number of ether oxygens (including phenoxy) is 2. The molecule has 6 nitrogen and oxygen atoms in total. The second kappa shape index (κ2) is 4.89. The number of aromatic carboxylic acids is 2. The number of rotatable bonds is 5. The van der Waals surface area contributed by atoms with Crippen molar-refractivity contribution in [3.8, 4) is 5.75 Å². The Kier molecular flexibility index (Phi) is 3.44. The summed E-state index contributed by atoms with van der Waals surface area (Å²) in [5, 5.41) is 17.9. The van der Waals surface area contributed by atoms with E-state index in [-0.39, 0.29) is 22.3 Å². The maximum absolute atomic E-state index is 10.9. The van der Waals surface area contributed by atoms with Gasteiger partial charge in [0.25, 0.3) is 0 Å². The Morgan fingerprint density at radius 2 is 1.74 bits per heavy atom. The number of carbonyl (C=O) groups is 2. The maximum Gasteiger partial charge on any atom is 0.335 e. The molecule has 6 heteroatoms. The normalized spacial score (nSPS) is 16.5. The van der Waals surface area contributed by atoms with Crippen molar-refractivity contribution in [1.82, 2.24) is 0 Å². The molecule has 1 aromatic rings. The second-order valence-electron chi connectivity index (χ2n) is 4.95. The third kappa shape index (κ3) is 3.03. The molecule has 19 heavy (non-hydrogen) atoms. The number of hydrogen-bond acceptors (Lipinski definition) is 4. The summed E-state index contributed by atoms with van der Waals surface area (Å²) in [5.74, 6) is -2.14. The monoisotopic (exact) mass is 266 g/mol. The third-order valence-corrected chi connectivity index (χ3v) is 2.89. The average molecular weight is 266 g/mol. The smallest absolute Gasteiger partial charge is 0.335 e. The molecular formula is C13H14O6. The molecule has 0 amide bonds. The van der Waals surface area contributed by atoms with Gasteiger partial charge < -0.3 is 19.7 Å². The first-order valence-corrected chi connectivity index (χ1v) is 5.72. The number of carboxylic acids is 2. The summed E-state index contributed by atoms with van der Waals surface area (Å²) in [6.07, 6.45) is 0. The van der Waals surface area contributed by atoms with Crippen LogP contribution in [0.4, 0.5) is 0 Å². The topological polar surface area (TPSA) is 93.1 Å². The van der Waals surface area contributed by atoms with Crippen LogP contribution in [0.1, 0.15) is 27.6 Å². The highest BCUT2D eigenvalue weighted by Gasteiger charge is 2.34. The van der Waals surface area contributed by atoms with E-state index in [4.69, 9.17) is 19.7 Å². The molecule has 0 aromatic heterocycles. The van der Waals surface area contributed by atoms with Gasteiger partial charge in [0, 0.05) is 5.41 Å². The quantitative estimate of drug-likeness (QED) is 0.838. The zero-order valence-corrected chi connectivity index (χ0v) is 10.4. The van der Waals surface area contributed by atoms with Gasteiger partial charge in [0.1, 0.15) is 5.75 Å². The van der Waals surface area contributed by atoms with Crippen LogP contribution in [0.3, 0.4) is 0 Å². The molecule has 2 N–H and O–H groups in total. The molecule has 0 spiro atoms. The summed E-state index contributed by atoms with van der Waals surface area (Å²) in [4.78, 5) is 21.9. The van der Waals surface area contributed by atoms with Crippen molar-refractivity contribution in [2.24, 2.45) is 5.41 Å². The number of hydrogen-bond donors (Lipinski definition) is 2. The fourth-order valence-electron chi connectivity index (χ4n) is 1.72. The molecule has 0 saturated carbocycles. The molecule has 1 aliphatic rings. The van der Waals surface area contributed by atoms with Gasteiger partial charge in [-0.25, -0.2) is 9.59 Å². The lowest BCUT2D eigenvalue weighted by Crippen LogP contribution is -2.44. The molecule has 0 atom stereocenters. The van der Waals surface area contributed by atoms with Gasteiger partial charge in [0.05, 0.1) is 30.9 Å². The summed E-state index contributed by atoms with van der Waals surface area (Å²) in [6.45, 7) is 3.50. The zero-order chi connectivity index (χ0) is 14.0. The molecule has 0 aliphatic carbocycles. The van der Waals surface area contributed by atoms with Crippen LogP contribution in [0, 0.1) is 5.41 Å². The van der Waals surface area contributed by atoms with Crippen LogP contribution >= 0.6 is 0 Å². The van der Waals surface area contributed by atoms with Crippen LogP contribution in [0.25, 0.3) is 0 Å². The van der Waals surface area contributed by atoms with Crippen molar-refractivity contribution >= 4 is 11.9 Å². The Bertz CT molecular complexity index is 486. The number of benzene rings is 1. The molecule has 0 bridgehead atoms. The van der Waals surface area contributed by atoms with Gasteiger partial charge in [-0.3, -0.25) is 0 Å². The van der Waals surface area contributed by atoms with Gasteiger partial charge in [-0.1, -0.05) is 6.92 Å². The van der Waals surface area contributed by atoms with E-state index in [0.29, 0.717) is 19.8 Å². The summed E-state index contributed by atoms with van der Waals surface area (Å²) in [5.41, 5.74) is -0.308. The minimum atomic E-state index is -1.19. The summed E-state index contributed by atoms with van der Waals surface area (Å²) >= 11 is 0. The first kappa shape index (κ1) is 13.4. The average Bonchev–Trinajstić information content (AvgIpc) is 2.33. The molecule has 2 rings (SSSR count). The van der Waals surface area contributed by atoms with Crippen LogP contribution in [-0.2, 0) is 4.74 Å². The Morgan fingerprint density at radius 3 is 2.11 bits per heavy atom. The molecular weight excluding hydrogens is 252 g/mol. The van der Waals surface area contributed by atoms with Crippen LogP contribution in [0.2, 0.25) is 0 Å². The van der Waals surface area contributed by atoms with E-state index in [2.05, 4.69) is 0 Å². The van der Waals surface area contributed by atoms with E-state index in [9.17, 15) is 9.59 Å². The Labute approximate surface area is 109 Å². The fraction of sp³-hybridized carbons (Fsp3) is 0.385. The molecule has 0 unspecified atom stereocenters. The van der Waals surface area contributed by atoms with E-state index in [1.807, 2.05) is 6.92 Å². The van der Waals surface area contributed by atoms with Crippen LogP contribution in [0.15, 0.2) is 18.2 Å². The Hall–Kier alpha value is -2.08. The molecule has 1 aromatic carbocycles.